The Hall–Kier alpha value is -3.64. The highest BCUT2D eigenvalue weighted by Gasteiger charge is 2.31. The van der Waals surface area contributed by atoms with E-state index in [-0.39, 0.29) is 0 Å². The molecule has 4 aliphatic carbocycles. The second kappa shape index (κ2) is 9.78. The first-order valence-electron chi connectivity index (χ1n) is 13.3. The topological polar surface area (TPSA) is 0 Å². The summed E-state index contributed by atoms with van der Waals surface area (Å²) in [7, 11) is 0. The fourth-order valence-corrected chi connectivity index (χ4v) is 6.60. The number of hydrogen-bond donors (Lipinski definition) is 0. The van der Waals surface area contributed by atoms with Gasteiger partial charge in [0.2, 0.25) is 0 Å². The summed E-state index contributed by atoms with van der Waals surface area (Å²) in [5, 5.41) is 0. The fourth-order valence-electron chi connectivity index (χ4n) is 6.60. The Balaban J connectivity index is 1.32. The maximum atomic E-state index is 2.39. The third kappa shape index (κ3) is 4.16. The summed E-state index contributed by atoms with van der Waals surface area (Å²) in [6, 6.07) is 22.1. The van der Waals surface area contributed by atoms with Gasteiger partial charge in [0.1, 0.15) is 0 Å². The molecule has 0 radical (unpaired) electrons. The third-order valence-electron chi connectivity index (χ3n) is 8.27. The maximum absolute atomic E-state index is 2.39. The molecule has 0 N–H and O–H groups in total. The Kier molecular flexibility index (Phi) is 6.20. The van der Waals surface area contributed by atoms with Crippen molar-refractivity contribution < 1.29 is 0 Å². The molecular weight excluding hydrogens is 432 g/mol. The predicted octanol–water partition coefficient (Wildman–Crippen LogP) is 9.62. The third-order valence-corrected chi connectivity index (χ3v) is 8.27. The van der Waals surface area contributed by atoms with Crippen LogP contribution < -0.4 is 0 Å². The Morgan fingerprint density at radius 1 is 0.556 bits per heavy atom. The molecule has 36 heavy (non-hydrogen) atoms. The smallest absolute Gasteiger partial charge is 0.0278 e. The molecule has 0 heteroatoms. The molecule has 0 heterocycles. The highest BCUT2D eigenvalue weighted by Crippen LogP contribution is 2.49. The molecular formula is C36H34. The Bertz CT molecular complexity index is 1300. The molecule has 2 atom stereocenters. The van der Waals surface area contributed by atoms with Gasteiger partial charge in [-0.3, -0.25) is 0 Å². The molecule has 0 aromatic heterocycles. The molecule has 4 aliphatic rings. The zero-order chi connectivity index (χ0) is 24.5. The summed E-state index contributed by atoms with van der Waals surface area (Å²) < 4.78 is 0. The van der Waals surface area contributed by atoms with Gasteiger partial charge in [0.25, 0.3) is 0 Å². The molecule has 2 aromatic carbocycles. The van der Waals surface area contributed by atoms with E-state index in [9.17, 15) is 0 Å². The lowest BCUT2D eigenvalue weighted by Gasteiger charge is -2.23. The minimum atomic E-state index is 0.331. The van der Waals surface area contributed by atoms with Crippen LogP contribution in [0.4, 0.5) is 0 Å². The van der Waals surface area contributed by atoms with Crippen LogP contribution in [-0.4, -0.2) is 0 Å². The molecule has 6 rings (SSSR count). The van der Waals surface area contributed by atoms with Gasteiger partial charge in [-0.15, -0.1) is 0 Å². The van der Waals surface area contributed by atoms with Gasteiger partial charge in [0.15, 0.2) is 0 Å². The number of allylic oxidation sites excluding steroid dienone is 16. The van der Waals surface area contributed by atoms with Crippen LogP contribution in [0.5, 0.6) is 0 Å². The van der Waals surface area contributed by atoms with Crippen molar-refractivity contribution in [1.82, 2.24) is 0 Å². The Morgan fingerprint density at radius 3 is 1.39 bits per heavy atom. The number of benzene rings is 2. The number of hydrogen-bond acceptors (Lipinski definition) is 0. The largest absolute Gasteiger partial charge is 0.0726 e. The van der Waals surface area contributed by atoms with Crippen LogP contribution in [0, 0.1) is 0 Å². The maximum Gasteiger partial charge on any atom is 0.0278 e. The highest BCUT2D eigenvalue weighted by atomic mass is 14.3. The lowest BCUT2D eigenvalue weighted by Crippen LogP contribution is -2.06. The Labute approximate surface area is 216 Å². The van der Waals surface area contributed by atoms with E-state index < -0.39 is 0 Å². The molecule has 2 aromatic rings. The van der Waals surface area contributed by atoms with Crippen molar-refractivity contribution in [2.45, 2.75) is 51.4 Å². The zero-order valence-corrected chi connectivity index (χ0v) is 21.4. The van der Waals surface area contributed by atoms with Crippen molar-refractivity contribution in [3.05, 3.63) is 165 Å². The zero-order valence-electron chi connectivity index (χ0n) is 21.4. The second-order valence-corrected chi connectivity index (χ2v) is 10.5. The van der Waals surface area contributed by atoms with Crippen molar-refractivity contribution in [3.63, 3.8) is 0 Å². The van der Waals surface area contributed by atoms with Gasteiger partial charge in [-0.2, -0.15) is 0 Å². The van der Waals surface area contributed by atoms with E-state index in [1.165, 1.54) is 22.3 Å². The average Bonchev–Trinajstić information content (AvgIpc) is 3.17. The summed E-state index contributed by atoms with van der Waals surface area (Å²) in [4.78, 5) is 0. The van der Waals surface area contributed by atoms with Crippen LogP contribution >= 0.6 is 0 Å². The van der Waals surface area contributed by atoms with Crippen LogP contribution in [0.15, 0.2) is 154 Å². The van der Waals surface area contributed by atoms with Gasteiger partial charge in [0.05, 0.1) is 0 Å². The van der Waals surface area contributed by atoms with Gasteiger partial charge in [0, 0.05) is 11.8 Å². The normalized spacial score (nSPS) is 22.9. The number of rotatable bonds is 5. The molecule has 0 bridgehead atoms. The predicted molar refractivity (Wildman–Crippen MR) is 153 cm³/mol. The van der Waals surface area contributed by atoms with Crippen LogP contribution in [0.2, 0.25) is 0 Å². The van der Waals surface area contributed by atoms with Gasteiger partial charge >= 0.3 is 0 Å². The first kappa shape index (κ1) is 22.8. The SMILES string of the molecule is CC1=C(CCC2=C(C)CC3=C2C(c2ccccc2)C=CC=C3)C2=C(C=CC=CC2c2ccccc2)C1. The minimum absolute atomic E-state index is 0.331. The van der Waals surface area contributed by atoms with Crippen molar-refractivity contribution in [1.29, 1.82) is 0 Å². The first-order valence-corrected chi connectivity index (χ1v) is 13.3. The van der Waals surface area contributed by atoms with Crippen LogP contribution in [0.3, 0.4) is 0 Å². The first-order chi connectivity index (χ1) is 17.7. The molecule has 0 fully saturated rings. The molecule has 0 amide bonds. The summed E-state index contributed by atoms with van der Waals surface area (Å²) in [5.74, 6) is 0.663. The molecule has 0 saturated carbocycles. The molecule has 178 valence electrons. The van der Waals surface area contributed by atoms with Gasteiger partial charge in [-0.25, -0.2) is 0 Å². The van der Waals surface area contributed by atoms with Gasteiger partial charge in [-0.1, -0.05) is 120 Å². The van der Waals surface area contributed by atoms with Gasteiger partial charge < -0.3 is 0 Å². The monoisotopic (exact) mass is 466 g/mol. The summed E-state index contributed by atoms with van der Waals surface area (Å²) in [5.41, 5.74) is 15.1. The second-order valence-electron chi connectivity index (χ2n) is 10.5. The van der Waals surface area contributed by atoms with Crippen molar-refractivity contribution in [2.75, 3.05) is 0 Å². The molecule has 0 aliphatic heterocycles. The van der Waals surface area contributed by atoms with E-state index in [1.807, 2.05) is 0 Å². The average molecular weight is 467 g/mol. The van der Waals surface area contributed by atoms with Crippen molar-refractivity contribution in [2.24, 2.45) is 0 Å². The van der Waals surface area contributed by atoms with E-state index >= 15 is 0 Å². The summed E-state index contributed by atoms with van der Waals surface area (Å²) >= 11 is 0. The fraction of sp³-hybridized carbons (Fsp3) is 0.222. The quantitative estimate of drug-likeness (QED) is 0.411. The molecule has 2 unspecified atom stereocenters. The van der Waals surface area contributed by atoms with E-state index in [2.05, 4.69) is 123 Å². The van der Waals surface area contributed by atoms with Crippen LogP contribution in [0.1, 0.15) is 62.5 Å². The lowest BCUT2D eigenvalue weighted by atomic mass is 9.81. The molecule has 0 saturated heterocycles. The van der Waals surface area contributed by atoms with E-state index in [4.69, 9.17) is 0 Å². The standard InChI is InChI=1S/C36H34/c1-25-23-29-17-9-11-19-33(27-13-5-3-6-14-27)35(29)31(25)21-22-32-26(2)24-30-18-10-12-20-34(36(30)32)28-15-7-4-8-16-28/h3-20,33-34H,21-24H2,1-2H3. The van der Waals surface area contributed by atoms with Crippen molar-refractivity contribution in [3.8, 4) is 0 Å². The molecule has 0 nitrogen and oxygen atoms in total. The minimum Gasteiger partial charge on any atom is -0.0726 e. The van der Waals surface area contributed by atoms with E-state index in [0.29, 0.717) is 11.8 Å². The molecule has 0 spiro atoms. The van der Waals surface area contributed by atoms with Gasteiger partial charge in [-0.05, 0) is 84.1 Å². The summed E-state index contributed by atoms with van der Waals surface area (Å²) in [6.45, 7) is 4.71. The lowest BCUT2D eigenvalue weighted by molar-refractivity contribution is 0.864. The van der Waals surface area contributed by atoms with Crippen molar-refractivity contribution >= 4 is 0 Å². The van der Waals surface area contributed by atoms with E-state index in [1.54, 1.807) is 33.4 Å². The van der Waals surface area contributed by atoms with E-state index in [0.717, 1.165) is 25.7 Å². The van der Waals surface area contributed by atoms with Crippen LogP contribution in [0.25, 0.3) is 0 Å². The summed E-state index contributed by atoms with van der Waals surface area (Å²) in [6.07, 6.45) is 22.8. The van der Waals surface area contributed by atoms with Crippen LogP contribution in [-0.2, 0) is 0 Å². The highest BCUT2D eigenvalue weighted by molar-refractivity contribution is 5.61. The Morgan fingerprint density at radius 2 is 0.972 bits per heavy atom.